The number of hydrogen-bond donors (Lipinski definition) is 1. The molecule has 0 bridgehead atoms. The number of ether oxygens (including phenoxy) is 1. The van der Waals surface area contributed by atoms with E-state index in [2.05, 4.69) is 15.4 Å². The van der Waals surface area contributed by atoms with Crippen LogP contribution in [0, 0.1) is 13.8 Å². The Morgan fingerprint density at radius 2 is 2.25 bits per heavy atom. The molecule has 0 aliphatic carbocycles. The Morgan fingerprint density at radius 1 is 1.46 bits per heavy atom. The van der Waals surface area contributed by atoms with Gasteiger partial charge in [-0.1, -0.05) is 6.07 Å². The molecule has 1 aliphatic heterocycles. The largest absolute Gasteiger partial charge is 0.371 e. The van der Waals surface area contributed by atoms with E-state index in [0.717, 1.165) is 28.9 Å². The van der Waals surface area contributed by atoms with Crippen molar-refractivity contribution >= 4 is 5.91 Å². The van der Waals surface area contributed by atoms with E-state index in [-0.39, 0.29) is 24.0 Å². The molecule has 1 saturated heterocycles. The smallest absolute Gasteiger partial charge is 0.227 e. The average molecular weight is 328 g/mol. The van der Waals surface area contributed by atoms with Crippen molar-refractivity contribution in [3.63, 3.8) is 0 Å². The first-order valence-electron chi connectivity index (χ1n) is 8.31. The van der Waals surface area contributed by atoms with Gasteiger partial charge in [-0.05, 0) is 38.8 Å². The van der Waals surface area contributed by atoms with Crippen LogP contribution in [0.15, 0.2) is 24.5 Å². The lowest BCUT2D eigenvalue weighted by atomic mass is 9.98. The molecular formula is C18H24N4O2. The van der Waals surface area contributed by atoms with Gasteiger partial charge in [0.05, 0.1) is 17.7 Å². The predicted molar refractivity (Wildman–Crippen MR) is 90.6 cm³/mol. The number of aryl methyl sites for hydroxylation is 2. The number of carbonyl (C=O) groups excluding carboxylic acids is 1. The van der Waals surface area contributed by atoms with E-state index in [0.29, 0.717) is 6.61 Å². The van der Waals surface area contributed by atoms with Gasteiger partial charge in [0.1, 0.15) is 6.10 Å². The van der Waals surface area contributed by atoms with Crippen molar-refractivity contribution in [1.82, 2.24) is 20.1 Å². The summed E-state index contributed by atoms with van der Waals surface area (Å²) in [5, 5.41) is 7.63. The molecule has 1 amide bonds. The zero-order valence-corrected chi connectivity index (χ0v) is 14.6. The SMILES string of the molecule is Cc1nn(C)c(C)c1[C@H]1OCC[C@@H]1NC(=O)[C@H](C)c1cccnc1. The summed E-state index contributed by atoms with van der Waals surface area (Å²) in [4.78, 5) is 16.7. The highest BCUT2D eigenvalue weighted by molar-refractivity contribution is 5.83. The van der Waals surface area contributed by atoms with E-state index < -0.39 is 0 Å². The van der Waals surface area contributed by atoms with Crippen LogP contribution in [-0.4, -0.2) is 33.3 Å². The van der Waals surface area contributed by atoms with Gasteiger partial charge < -0.3 is 10.1 Å². The van der Waals surface area contributed by atoms with Crippen molar-refractivity contribution in [3.8, 4) is 0 Å². The lowest BCUT2D eigenvalue weighted by Gasteiger charge is -2.22. The van der Waals surface area contributed by atoms with Crippen LogP contribution in [-0.2, 0) is 16.6 Å². The summed E-state index contributed by atoms with van der Waals surface area (Å²) in [5.41, 5.74) is 4.05. The number of hydrogen-bond acceptors (Lipinski definition) is 4. The molecule has 0 saturated carbocycles. The van der Waals surface area contributed by atoms with Crippen molar-refractivity contribution in [2.24, 2.45) is 7.05 Å². The molecule has 1 aliphatic rings. The van der Waals surface area contributed by atoms with Gasteiger partial charge in [0.25, 0.3) is 0 Å². The first-order valence-corrected chi connectivity index (χ1v) is 8.31. The molecule has 3 rings (SSSR count). The minimum absolute atomic E-state index is 0.00250. The summed E-state index contributed by atoms with van der Waals surface area (Å²) in [6.45, 7) is 6.57. The van der Waals surface area contributed by atoms with E-state index in [1.807, 2.05) is 44.6 Å². The van der Waals surface area contributed by atoms with Gasteiger partial charge in [0.15, 0.2) is 0 Å². The molecule has 24 heavy (non-hydrogen) atoms. The van der Waals surface area contributed by atoms with Crippen LogP contribution < -0.4 is 5.32 Å². The summed E-state index contributed by atoms with van der Waals surface area (Å²) in [5.74, 6) is -0.237. The second kappa shape index (κ2) is 6.73. The zero-order valence-electron chi connectivity index (χ0n) is 14.6. The Balaban J connectivity index is 1.75. The average Bonchev–Trinajstić information content (AvgIpc) is 3.11. The van der Waals surface area contributed by atoms with Crippen LogP contribution in [0.1, 0.15) is 47.9 Å². The number of rotatable bonds is 4. The lowest BCUT2D eigenvalue weighted by Crippen LogP contribution is -2.39. The Morgan fingerprint density at radius 3 is 2.88 bits per heavy atom. The standard InChI is InChI=1S/C18H24N4O2/c1-11(14-6-5-8-19-10-14)18(23)20-15-7-9-24-17(15)16-12(2)21-22(4)13(16)3/h5-6,8,10-11,15,17H,7,9H2,1-4H3,(H,20,23)/t11-,15+,17+/m1/s1. The van der Waals surface area contributed by atoms with Gasteiger partial charge in [-0.25, -0.2) is 0 Å². The second-order valence-electron chi connectivity index (χ2n) is 6.41. The summed E-state index contributed by atoms with van der Waals surface area (Å²) >= 11 is 0. The maximum atomic E-state index is 12.6. The maximum Gasteiger partial charge on any atom is 0.227 e. The van der Waals surface area contributed by atoms with Gasteiger partial charge >= 0.3 is 0 Å². The monoisotopic (exact) mass is 328 g/mol. The van der Waals surface area contributed by atoms with Gasteiger partial charge in [-0.2, -0.15) is 5.10 Å². The quantitative estimate of drug-likeness (QED) is 0.934. The first-order chi connectivity index (χ1) is 11.5. The summed E-state index contributed by atoms with van der Waals surface area (Å²) < 4.78 is 7.80. The molecule has 0 aromatic carbocycles. The second-order valence-corrected chi connectivity index (χ2v) is 6.41. The van der Waals surface area contributed by atoms with Crippen molar-refractivity contribution < 1.29 is 9.53 Å². The zero-order chi connectivity index (χ0) is 17.3. The number of pyridine rings is 1. The highest BCUT2D eigenvalue weighted by Crippen LogP contribution is 2.33. The first kappa shape index (κ1) is 16.6. The van der Waals surface area contributed by atoms with E-state index in [9.17, 15) is 4.79 Å². The van der Waals surface area contributed by atoms with E-state index in [1.54, 1.807) is 12.4 Å². The fraction of sp³-hybridized carbons (Fsp3) is 0.500. The summed E-state index contributed by atoms with van der Waals surface area (Å²) in [7, 11) is 1.93. The fourth-order valence-corrected chi connectivity index (χ4v) is 3.31. The van der Waals surface area contributed by atoms with Crippen molar-refractivity contribution in [2.75, 3.05) is 6.61 Å². The summed E-state index contributed by atoms with van der Waals surface area (Å²) in [6.07, 6.45) is 4.12. The van der Waals surface area contributed by atoms with Crippen molar-refractivity contribution in [2.45, 2.75) is 45.3 Å². The minimum atomic E-state index is -0.240. The maximum absolute atomic E-state index is 12.6. The molecular weight excluding hydrogens is 304 g/mol. The topological polar surface area (TPSA) is 69.0 Å². The number of nitrogens with one attached hydrogen (secondary N) is 1. The van der Waals surface area contributed by atoms with Crippen LogP contribution in [0.3, 0.4) is 0 Å². The molecule has 6 heteroatoms. The van der Waals surface area contributed by atoms with Gasteiger partial charge in [0, 0.05) is 37.3 Å². The molecule has 128 valence electrons. The van der Waals surface area contributed by atoms with Crippen molar-refractivity contribution in [1.29, 1.82) is 0 Å². The number of aromatic nitrogens is 3. The Hall–Kier alpha value is -2.21. The Bertz CT molecular complexity index is 726. The summed E-state index contributed by atoms with van der Waals surface area (Å²) in [6, 6.07) is 3.75. The lowest BCUT2D eigenvalue weighted by molar-refractivity contribution is -0.123. The molecule has 1 fully saturated rings. The van der Waals surface area contributed by atoms with E-state index in [4.69, 9.17) is 4.74 Å². The number of carbonyl (C=O) groups is 1. The van der Waals surface area contributed by atoms with Crippen LogP contribution in [0.5, 0.6) is 0 Å². The van der Waals surface area contributed by atoms with E-state index in [1.165, 1.54) is 0 Å². The van der Waals surface area contributed by atoms with Gasteiger partial charge in [-0.15, -0.1) is 0 Å². The van der Waals surface area contributed by atoms with Gasteiger partial charge in [0.2, 0.25) is 5.91 Å². The Kier molecular flexibility index (Phi) is 4.66. The molecule has 2 aromatic heterocycles. The van der Waals surface area contributed by atoms with E-state index >= 15 is 0 Å². The minimum Gasteiger partial charge on any atom is -0.371 e. The molecule has 2 aromatic rings. The van der Waals surface area contributed by atoms with Crippen LogP contribution >= 0.6 is 0 Å². The van der Waals surface area contributed by atoms with Crippen LogP contribution in [0.25, 0.3) is 0 Å². The number of amides is 1. The normalized spacial score (nSPS) is 21.7. The molecule has 6 nitrogen and oxygen atoms in total. The third kappa shape index (κ3) is 3.06. The fourth-order valence-electron chi connectivity index (χ4n) is 3.31. The third-order valence-corrected chi connectivity index (χ3v) is 4.85. The molecule has 0 unspecified atom stereocenters. The molecule has 3 atom stereocenters. The van der Waals surface area contributed by atoms with Gasteiger partial charge in [-0.3, -0.25) is 14.5 Å². The number of nitrogens with zero attached hydrogens (tertiary/aromatic N) is 3. The van der Waals surface area contributed by atoms with Crippen LogP contribution in [0.2, 0.25) is 0 Å². The van der Waals surface area contributed by atoms with Crippen molar-refractivity contribution in [3.05, 3.63) is 47.0 Å². The Labute approximate surface area is 142 Å². The highest BCUT2D eigenvalue weighted by Gasteiger charge is 2.35. The molecule has 3 heterocycles. The van der Waals surface area contributed by atoms with Crippen LogP contribution in [0.4, 0.5) is 0 Å². The third-order valence-electron chi connectivity index (χ3n) is 4.85. The predicted octanol–water partition coefficient (Wildman–Crippen LogP) is 2.18. The highest BCUT2D eigenvalue weighted by atomic mass is 16.5. The molecule has 0 spiro atoms. The molecule has 0 radical (unpaired) electrons. The molecule has 1 N–H and O–H groups in total.